The Morgan fingerprint density at radius 2 is 1.83 bits per heavy atom. The molecule has 1 fully saturated rings. The van der Waals surface area contributed by atoms with Crippen LogP contribution in [0.5, 0.6) is 0 Å². The number of halogens is 1. The number of amides is 1. The predicted octanol–water partition coefficient (Wildman–Crippen LogP) is 6.37. The lowest BCUT2D eigenvalue weighted by atomic mass is 9.82. The molecule has 2 aromatic carbocycles. The Hall–Kier alpha value is -2.39. The molecule has 2 heterocycles. The largest absolute Gasteiger partial charge is 0.335 e. The molecule has 1 unspecified atom stereocenters. The van der Waals surface area contributed by atoms with Gasteiger partial charge in [0.25, 0.3) is 5.91 Å². The molecular formula is C26H27ClN2O. The third kappa shape index (κ3) is 3.50. The third-order valence-corrected chi connectivity index (χ3v) is 7.05. The van der Waals surface area contributed by atoms with Crippen LogP contribution in [0, 0.1) is 0 Å². The summed E-state index contributed by atoms with van der Waals surface area (Å²) in [6.45, 7) is 3.11. The van der Waals surface area contributed by atoms with E-state index in [-0.39, 0.29) is 5.91 Å². The molecule has 1 saturated carbocycles. The Balaban J connectivity index is 1.60. The number of nitrogens with zero attached hydrogens (tertiary/aromatic N) is 2. The molecular weight excluding hydrogens is 392 g/mol. The highest BCUT2D eigenvalue weighted by molar-refractivity contribution is 6.29. The summed E-state index contributed by atoms with van der Waals surface area (Å²) in [5, 5.41) is 2.95. The number of benzene rings is 2. The fourth-order valence-corrected chi connectivity index (χ4v) is 5.50. The molecule has 3 nitrogen and oxygen atoms in total. The predicted molar refractivity (Wildman–Crippen MR) is 122 cm³/mol. The average molecular weight is 419 g/mol. The topological polar surface area (TPSA) is 33.2 Å². The van der Waals surface area contributed by atoms with Gasteiger partial charge in [0.2, 0.25) is 0 Å². The molecule has 0 saturated heterocycles. The lowest BCUT2D eigenvalue weighted by molar-refractivity contribution is 0.0594. The van der Waals surface area contributed by atoms with Crippen molar-refractivity contribution in [1.82, 2.24) is 9.88 Å². The third-order valence-electron chi connectivity index (χ3n) is 6.83. The molecule has 0 radical (unpaired) electrons. The van der Waals surface area contributed by atoms with Crippen molar-refractivity contribution >= 4 is 28.3 Å². The molecule has 0 spiro atoms. The number of hydrogen-bond donors (Lipinski definition) is 0. The van der Waals surface area contributed by atoms with Gasteiger partial charge in [-0.05, 0) is 58.9 Å². The van der Waals surface area contributed by atoms with Gasteiger partial charge >= 0.3 is 0 Å². The number of pyridine rings is 1. The molecule has 3 aromatic rings. The molecule has 5 rings (SSSR count). The molecule has 1 atom stereocenters. The van der Waals surface area contributed by atoms with Crippen LogP contribution in [0.1, 0.15) is 72.0 Å². The zero-order valence-electron chi connectivity index (χ0n) is 17.4. The number of aromatic nitrogens is 1. The fraction of sp³-hybridized carbons (Fsp3) is 0.385. The quantitative estimate of drug-likeness (QED) is 0.463. The second kappa shape index (κ2) is 8.03. The van der Waals surface area contributed by atoms with Crippen LogP contribution in [0.2, 0.25) is 5.15 Å². The minimum atomic E-state index is 0.219. The van der Waals surface area contributed by atoms with E-state index in [1.54, 1.807) is 0 Å². The van der Waals surface area contributed by atoms with Crippen molar-refractivity contribution in [2.45, 2.75) is 57.4 Å². The lowest BCUT2D eigenvalue weighted by Gasteiger charge is -2.40. The van der Waals surface area contributed by atoms with Crippen molar-refractivity contribution in [1.29, 1.82) is 0 Å². The molecule has 154 valence electrons. The summed E-state index contributed by atoms with van der Waals surface area (Å²) in [5.41, 5.74) is 4.40. The molecule has 0 bridgehead atoms. The van der Waals surface area contributed by atoms with Gasteiger partial charge in [-0.15, -0.1) is 0 Å². The van der Waals surface area contributed by atoms with Crippen molar-refractivity contribution < 1.29 is 4.79 Å². The van der Waals surface area contributed by atoms with Crippen molar-refractivity contribution in [3.63, 3.8) is 0 Å². The van der Waals surface area contributed by atoms with Crippen LogP contribution in [0.4, 0.5) is 0 Å². The van der Waals surface area contributed by atoms with E-state index in [2.05, 4.69) is 47.1 Å². The minimum absolute atomic E-state index is 0.219. The maximum Gasteiger partial charge on any atom is 0.254 e. The molecule has 2 aliphatic rings. The van der Waals surface area contributed by atoms with Crippen LogP contribution >= 0.6 is 11.6 Å². The number of carbonyl (C=O) groups excluding carboxylic acids is 1. The van der Waals surface area contributed by atoms with Crippen LogP contribution in [0.3, 0.4) is 0 Å². The highest BCUT2D eigenvalue weighted by Gasteiger charge is 2.35. The minimum Gasteiger partial charge on any atom is -0.335 e. The van der Waals surface area contributed by atoms with E-state index in [1.807, 2.05) is 18.3 Å². The van der Waals surface area contributed by atoms with Crippen molar-refractivity contribution in [2.24, 2.45) is 0 Å². The smallest absolute Gasteiger partial charge is 0.254 e. The van der Waals surface area contributed by atoms with E-state index >= 15 is 0 Å². The maximum absolute atomic E-state index is 13.7. The Kier molecular flexibility index (Phi) is 5.24. The Bertz CT molecular complexity index is 1090. The summed E-state index contributed by atoms with van der Waals surface area (Å²) in [6.07, 6.45) is 8.63. The van der Waals surface area contributed by atoms with Crippen LogP contribution in [0.25, 0.3) is 10.8 Å². The van der Waals surface area contributed by atoms with E-state index < -0.39 is 0 Å². The van der Waals surface area contributed by atoms with Crippen LogP contribution in [-0.4, -0.2) is 28.4 Å². The van der Waals surface area contributed by atoms with E-state index in [0.717, 1.165) is 36.9 Å². The summed E-state index contributed by atoms with van der Waals surface area (Å²) in [7, 11) is 0. The van der Waals surface area contributed by atoms with Gasteiger partial charge in [0, 0.05) is 30.3 Å². The van der Waals surface area contributed by atoms with E-state index in [4.69, 9.17) is 11.6 Å². The average Bonchev–Trinajstić information content (AvgIpc) is 2.78. The van der Waals surface area contributed by atoms with Crippen molar-refractivity contribution in [3.05, 3.63) is 76.1 Å². The SMILES string of the molecule is CC1CN(C2CCCCC2)C(=O)c2cc(Cc3ccc(Cl)nc3)c3ccccc3c21. The van der Waals surface area contributed by atoms with Gasteiger partial charge in [-0.1, -0.05) is 68.1 Å². The molecule has 30 heavy (non-hydrogen) atoms. The molecule has 0 N–H and O–H groups in total. The Morgan fingerprint density at radius 3 is 2.57 bits per heavy atom. The van der Waals surface area contributed by atoms with Gasteiger partial charge in [-0.25, -0.2) is 4.98 Å². The Labute approximate surface area is 183 Å². The molecule has 4 heteroatoms. The summed E-state index contributed by atoms with van der Waals surface area (Å²) < 4.78 is 0. The number of hydrogen-bond acceptors (Lipinski definition) is 2. The number of fused-ring (bicyclic) bond motifs is 3. The Morgan fingerprint density at radius 1 is 1.07 bits per heavy atom. The normalized spacial score (nSPS) is 19.9. The van der Waals surface area contributed by atoms with Crippen LogP contribution < -0.4 is 0 Å². The van der Waals surface area contributed by atoms with Gasteiger partial charge in [-0.3, -0.25) is 4.79 Å². The standard InChI is InChI=1S/C26H27ClN2O/c1-17-16-29(20-7-3-2-4-8-20)26(30)23-14-19(13-18-11-12-24(27)28-15-18)21-9-5-6-10-22(21)25(17)23/h5-6,9-12,14-15,17,20H,2-4,7-8,13,16H2,1H3. The van der Waals surface area contributed by atoms with Gasteiger partial charge in [0.05, 0.1) is 0 Å². The molecule has 1 aromatic heterocycles. The van der Waals surface area contributed by atoms with Crippen molar-refractivity contribution in [3.8, 4) is 0 Å². The second-order valence-corrected chi connectivity index (χ2v) is 9.25. The summed E-state index contributed by atoms with van der Waals surface area (Å²) >= 11 is 5.97. The van der Waals surface area contributed by atoms with Gasteiger partial charge < -0.3 is 4.90 Å². The first-order valence-electron chi connectivity index (χ1n) is 11.1. The lowest BCUT2D eigenvalue weighted by Crippen LogP contribution is -2.46. The number of carbonyl (C=O) groups is 1. The first kappa shape index (κ1) is 19.6. The maximum atomic E-state index is 13.7. The fourth-order valence-electron chi connectivity index (χ4n) is 5.39. The zero-order valence-corrected chi connectivity index (χ0v) is 18.2. The monoisotopic (exact) mass is 418 g/mol. The summed E-state index contributed by atoms with van der Waals surface area (Å²) in [4.78, 5) is 20.1. The molecule has 1 aliphatic carbocycles. The first-order valence-corrected chi connectivity index (χ1v) is 11.5. The highest BCUT2D eigenvalue weighted by Crippen LogP contribution is 2.39. The van der Waals surface area contributed by atoms with Gasteiger partial charge in [0.15, 0.2) is 0 Å². The summed E-state index contributed by atoms with van der Waals surface area (Å²) in [6, 6.07) is 14.9. The van der Waals surface area contributed by atoms with E-state index in [0.29, 0.717) is 17.1 Å². The number of rotatable bonds is 3. The summed E-state index contributed by atoms with van der Waals surface area (Å²) in [5.74, 6) is 0.562. The second-order valence-electron chi connectivity index (χ2n) is 8.86. The van der Waals surface area contributed by atoms with E-state index in [1.165, 1.54) is 41.2 Å². The van der Waals surface area contributed by atoms with Crippen molar-refractivity contribution in [2.75, 3.05) is 6.54 Å². The van der Waals surface area contributed by atoms with Crippen LogP contribution in [0.15, 0.2) is 48.7 Å². The highest BCUT2D eigenvalue weighted by atomic mass is 35.5. The first-order chi connectivity index (χ1) is 14.6. The molecule has 1 aliphatic heterocycles. The van der Waals surface area contributed by atoms with E-state index in [9.17, 15) is 4.79 Å². The van der Waals surface area contributed by atoms with Gasteiger partial charge in [0.1, 0.15) is 5.15 Å². The zero-order chi connectivity index (χ0) is 20.7. The van der Waals surface area contributed by atoms with Crippen LogP contribution in [-0.2, 0) is 6.42 Å². The van der Waals surface area contributed by atoms with Gasteiger partial charge in [-0.2, -0.15) is 0 Å². The molecule has 1 amide bonds.